The van der Waals surface area contributed by atoms with Crippen LogP contribution >= 0.6 is 0 Å². The Morgan fingerprint density at radius 1 is 1.12 bits per heavy atom. The number of piperidine rings is 1. The van der Waals surface area contributed by atoms with Gasteiger partial charge in [0.05, 0.1) is 6.10 Å². The summed E-state index contributed by atoms with van der Waals surface area (Å²) in [6, 6.07) is 8.47. The van der Waals surface area contributed by atoms with E-state index in [4.69, 9.17) is 5.73 Å². The highest BCUT2D eigenvalue weighted by molar-refractivity contribution is 5.22. The van der Waals surface area contributed by atoms with Crippen molar-refractivity contribution >= 4 is 0 Å². The number of benzene rings is 1. The molecule has 0 radical (unpaired) electrons. The van der Waals surface area contributed by atoms with Gasteiger partial charge in [0.25, 0.3) is 0 Å². The van der Waals surface area contributed by atoms with Crippen LogP contribution < -0.4 is 5.73 Å². The van der Waals surface area contributed by atoms with Gasteiger partial charge in [0.2, 0.25) is 0 Å². The third-order valence-electron chi connectivity index (χ3n) is 3.22. The second-order valence-electron chi connectivity index (χ2n) is 4.53. The lowest BCUT2D eigenvalue weighted by atomic mass is 10.1. The molecule has 1 aliphatic heterocycles. The molecule has 3 nitrogen and oxygen atoms in total. The summed E-state index contributed by atoms with van der Waals surface area (Å²) in [5, 5.41) is 9.42. The average molecular weight is 220 g/mol. The first kappa shape index (κ1) is 11.6. The largest absolute Gasteiger partial charge is 0.393 e. The van der Waals surface area contributed by atoms with E-state index in [0.29, 0.717) is 6.54 Å². The summed E-state index contributed by atoms with van der Waals surface area (Å²) in [5.41, 5.74) is 8.07. The first-order chi connectivity index (χ1) is 7.78. The number of nitrogens with zero attached hydrogens (tertiary/aromatic N) is 1. The maximum absolute atomic E-state index is 9.42. The maximum atomic E-state index is 9.42. The predicted molar refractivity (Wildman–Crippen MR) is 64.9 cm³/mol. The van der Waals surface area contributed by atoms with Gasteiger partial charge in [0.1, 0.15) is 0 Å². The first-order valence-electron chi connectivity index (χ1n) is 5.96. The molecule has 2 rings (SSSR count). The van der Waals surface area contributed by atoms with Crippen LogP contribution in [-0.4, -0.2) is 29.2 Å². The number of rotatable bonds is 3. The van der Waals surface area contributed by atoms with Gasteiger partial charge in [-0.2, -0.15) is 0 Å². The summed E-state index contributed by atoms with van der Waals surface area (Å²) < 4.78 is 0. The molecule has 0 unspecified atom stereocenters. The summed E-state index contributed by atoms with van der Waals surface area (Å²) in [4.78, 5) is 2.39. The van der Waals surface area contributed by atoms with E-state index in [-0.39, 0.29) is 6.10 Å². The molecule has 3 heteroatoms. The minimum Gasteiger partial charge on any atom is -0.393 e. The van der Waals surface area contributed by atoms with E-state index in [1.165, 1.54) is 11.1 Å². The fourth-order valence-electron chi connectivity index (χ4n) is 2.12. The van der Waals surface area contributed by atoms with Crippen molar-refractivity contribution in [3.8, 4) is 0 Å². The number of likely N-dealkylation sites (tertiary alicyclic amines) is 1. The van der Waals surface area contributed by atoms with Crippen molar-refractivity contribution < 1.29 is 5.11 Å². The van der Waals surface area contributed by atoms with E-state index < -0.39 is 0 Å². The molecule has 1 aromatic carbocycles. The van der Waals surface area contributed by atoms with E-state index in [9.17, 15) is 5.11 Å². The van der Waals surface area contributed by atoms with E-state index in [1.807, 2.05) is 0 Å². The summed E-state index contributed by atoms with van der Waals surface area (Å²) in [5.74, 6) is 0. The molecule has 0 aromatic heterocycles. The van der Waals surface area contributed by atoms with Gasteiger partial charge < -0.3 is 10.8 Å². The molecule has 88 valence electrons. The van der Waals surface area contributed by atoms with Gasteiger partial charge in [0, 0.05) is 26.2 Å². The van der Waals surface area contributed by atoms with Crippen molar-refractivity contribution in [3.05, 3.63) is 35.4 Å². The lowest BCUT2D eigenvalue weighted by molar-refractivity contribution is 0.0792. The molecular weight excluding hydrogens is 200 g/mol. The molecular formula is C13H20N2O. The standard InChI is InChI=1S/C13H20N2O/c14-9-11-1-3-12(4-2-11)10-15-7-5-13(16)6-8-15/h1-4,13,16H,5-10,14H2. The predicted octanol–water partition coefficient (Wildman–Crippen LogP) is 1.10. The van der Waals surface area contributed by atoms with Gasteiger partial charge in [0.15, 0.2) is 0 Å². The lowest BCUT2D eigenvalue weighted by Crippen LogP contribution is -2.35. The van der Waals surface area contributed by atoms with Crippen LogP contribution in [0.1, 0.15) is 24.0 Å². The molecule has 0 saturated carbocycles. The Bertz CT molecular complexity index is 315. The van der Waals surface area contributed by atoms with Gasteiger partial charge in [-0.3, -0.25) is 4.90 Å². The quantitative estimate of drug-likeness (QED) is 0.802. The Balaban J connectivity index is 1.88. The van der Waals surface area contributed by atoms with Crippen LogP contribution in [0.15, 0.2) is 24.3 Å². The molecule has 0 amide bonds. The van der Waals surface area contributed by atoms with E-state index in [0.717, 1.165) is 32.5 Å². The van der Waals surface area contributed by atoms with Crippen molar-refractivity contribution in [2.45, 2.75) is 32.0 Å². The number of hydrogen-bond donors (Lipinski definition) is 2. The van der Waals surface area contributed by atoms with Gasteiger partial charge in [-0.25, -0.2) is 0 Å². The third kappa shape index (κ3) is 3.04. The van der Waals surface area contributed by atoms with Crippen LogP contribution in [0.2, 0.25) is 0 Å². The molecule has 0 aliphatic carbocycles. The summed E-state index contributed by atoms with van der Waals surface area (Å²) in [7, 11) is 0. The second kappa shape index (κ2) is 5.43. The van der Waals surface area contributed by atoms with E-state index in [1.54, 1.807) is 0 Å². The van der Waals surface area contributed by atoms with Crippen molar-refractivity contribution in [2.24, 2.45) is 5.73 Å². The maximum Gasteiger partial charge on any atom is 0.0564 e. The van der Waals surface area contributed by atoms with Gasteiger partial charge >= 0.3 is 0 Å². The Morgan fingerprint density at radius 3 is 2.25 bits per heavy atom. The van der Waals surface area contributed by atoms with Crippen molar-refractivity contribution in [1.29, 1.82) is 0 Å². The molecule has 1 fully saturated rings. The molecule has 1 aliphatic rings. The molecule has 0 bridgehead atoms. The highest BCUT2D eigenvalue weighted by Crippen LogP contribution is 2.14. The number of aliphatic hydroxyl groups excluding tert-OH is 1. The zero-order chi connectivity index (χ0) is 11.4. The number of hydrogen-bond acceptors (Lipinski definition) is 3. The SMILES string of the molecule is NCc1ccc(CN2CCC(O)CC2)cc1. The topological polar surface area (TPSA) is 49.5 Å². The van der Waals surface area contributed by atoms with Crippen molar-refractivity contribution in [2.75, 3.05) is 13.1 Å². The lowest BCUT2D eigenvalue weighted by Gasteiger charge is -2.29. The minimum absolute atomic E-state index is 0.0872. The Labute approximate surface area is 96.9 Å². The number of aliphatic hydroxyl groups is 1. The second-order valence-corrected chi connectivity index (χ2v) is 4.53. The highest BCUT2D eigenvalue weighted by Gasteiger charge is 2.16. The smallest absolute Gasteiger partial charge is 0.0564 e. The van der Waals surface area contributed by atoms with Crippen LogP contribution in [0.5, 0.6) is 0 Å². The fourth-order valence-corrected chi connectivity index (χ4v) is 2.12. The molecule has 3 N–H and O–H groups in total. The third-order valence-corrected chi connectivity index (χ3v) is 3.22. The van der Waals surface area contributed by atoms with E-state index >= 15 is 0 Å². The molecule has 0 spiro atoms. The van der Waals surface area contributed by atoms with Crippen LogP contribution in [0, 0.1) is 0 Å². The number of nitrogens with two attached hydrogens (primary N) is 1. The normalized spacial score (nSPS) is 18.9. The zero-order valence-corrected chi connectivity index (χ0v) is 9.60. The van der Waals surface area contributed by atoms with Crippen LogP contribution in [0.25, 0.3) is 0 Å². The molecule has 1 aromatic rings. The van der Waals surface area contributed by atoms with Crippen LogP contribution in [0.4, 0.5) is 0 Å². The molecule has 16 heavy (non-hydrogen) atoms. The van der Waals surface area contributed by atoms with E-state index in [2.05, 4.69) is 29.2 Å². The summed E-state index contributed by atoms with van der Waals surface area (Å²) in [6.45, 7) is 3.59. The Morgan fingerprint density at radius 2 is 1.69 bits per heavy atom. The van der Waals surface area contributed by atoms with Crippen molar-refractivity contribution in [1.82, 2.24) is 4.90 Å². The molecule has 0 atom stereocenters. The summed E-state index contributed by atoms with van der Waals surface area (Å²) >= 11 is 0. The fraction of sp³-hybridized carbons (Fsp3) is 0.538. The minimum atomic E-state index is -0.0872. The Kier molecular flexibility index (Phi) is 3.93. The highest BCUT2D eigenvalue weighted by atomic mass is 16.3. The first-order valence-corrected chi connectivity index (χ1v) is 5.96. The Hall–Kier alpha value is -0.900. The van der Waals surface area contributed by atoms with Crippen LogP contribution in [-0.2, 0) is 13.1 Å². The summed E-state index contributed by atoms with van der Waals surface area (Å²) in [6.07, 6.45) is 1.72. The van der Waals surface area contributed by atoms with Crippen LogP contribution in [0.3, 0.4) is 0 Å². The molecule has 1 saturated heterocycles. The average Bonchev–Trinajstić information content (AvgIpc) is 2.33. The molecule has 1 heterocycles. The van der Waals surface area contributed by atoms with Gasteiger partial charge in [-0.1, -0.05) is 24.3 Å². The van der Waals surface area contributed by atoms with Gasteiger partial charge in [-0.05, 0) is 24.0 Å². The van der Waals surface area contributed by atoms with Crippen molar-refractivity contribution in [3.63, 3.8) is 0 Å². The zero-order valence-electron chi connectivity index (χ0n) is 9.60. The monoisotopic (exact) mass is 220 g/mol. The van der Waals surface area contributed by atoms with Gasteiger partial charge in [-0.15, -0.1) is 0 Å².